The van der Waals surface area contributed by atoms with Gasteiger partial charge in [-0.25, -0.2) is 0 Å². The third-order valence-electron chi connectivity index (χ3n) is 2.05. The number of aliphatic hydroxyl groups is 4. The van der Waals surface area contributed by atoms with Gasteiger partial charge < -0.3 is 25.2 Å². The quantitative estimate of drug-likeness (QED) is 0.237. The molecule has 0 aromatic heterocycles. The maximum Gasteiger partial charge on any atom is 0.183 e. The lowest BCUT2D eigenvalue weighted by Crippen LogP contribution is -2.57. The molecule has 8 heteroatoms. The molecule has 0 radical (unpaired) electrons. The third-order valence-corrected chi connectivity index (χ3v) is 2.05. The van der Waals surface area contributed by atoms with Crippen molar-refractivity contribution in [2.45, 2.75) is 30.6 Å². The normalized spacial score (nSPS) is 43.0. The van der Waals surface area contributed by atoms with Gasteiger partial charge in [0.2, 0.25) is 0 Å². The van der Waals surface area contributed by atoms with Gasteiger partial charge in [-0.1, -0.05) is 5.11 Å². The van der Waals surface area contributed by atoms with Crippen molar-refractivity contribution in [3.8, 4) is 0 Å². The first kappa shape index (κ1) is 11.2. The van der Waals surface area contributed by atoms with E-state index in [2.05, 4.69) is 10.0 Å². The summed E-state index contributed by atoms with van der Waals surface area (Å²) in [6.45, 7) is -0.523. The van der Waals surface area contributed by atoms with Crippen LogP contribution in [0.3, 0.4) is 0 Å². The highest BCUT2D eigenvalue weighted by Gasteiger charge is 2.43. The maximum atomic E-state index is 9.37. The Labute approximate surface area is 79.0 Å². The Hall–Kier alpha value is -0.890. The molecule has 1 rings (SSSR count). The Morgan fingerprint density at radius 2 is 1.93 bits per heavy atom. The van der Waals surface area contributed by atoms with Gasteiger partial charge in [0.15, 0.2) is 6.29 Å². The van der Waals surface area contributed by atoms with Crippen LogP contribution in [0.5, 0.6) is 0 Å². The second-order valence-electron chi connectivity index (χ2n) is 2.92. The molecule has 80 valence electrons. The first-order valence-corrected chi connectivity index (χ1v) is 3.96. The van der Waals surface area contributed by atoms with E-state index in [0.717, 1.165) is 0 Å². The summed E-state index contributed by atoms with van der Waals surface area (Å²) < 4.78 is 4.71. The highest BCUT2D eigenvalue weighted by Crippen LogP contribution is 2.22. The number of hydrogen-bond donors (Lipinski definition) is 4. The van der Waals surface area contributed by atoms with Crippen molar-refractivity contribution in [3.05, 3.63) is 10.4 Å². The summed E-state index contributed by atoms with van der Waals surface area (Å²) >= 11 is 0. The third kappa shape index (κ3) is 1.95. The maximum absolute atomic E-state index is 9.37. The van der Waals surface area contributed by atoms with Crippen LogP contribution in [0, 0.1) is 0 Å². The SMILES string of the molecule is [N-]=[N+]=N[C@H]1[C@H](O)[C@@H](O)C(O)O[C@@H]1CO. The van der Waals surface area contributed by atoms with Gasteiger partial charge >= 0.3 is 0 Å². The summed E-state index contributed by atoms with van der Waals surface area (Å²) in [5, 5.41) is 39.6. The Morgan fingerprint density at radius 3 is 2.43 bits per heavy atom. The van der Waals surface area contributed by atoms with Crippen molar-refractivity contribution < 1.29 is 25.2 Å². The highest BCUT2D eigenvalue weighted by molar-refractivity contribution is 4.93. The molecule has 0 bridgehead atoms. The molecule has 4 N–H and O–H groups in total. The van der Waals surface area contributed by atoms with Crippen LogP contribution in [-0.2, 0) is 4.74 Å². The van der Waals surface area contributed by atoms with Gasteiger partial charge in [0.25, 0.3) is 0 Å². The predicted molar refractivity (Wildman–Crippen MR) is 42.9 cm³/mol. The van der Waals surface area contributed by atoms with E-state index in [4.69, 9.17) is 25.6 Å². The van der Waals surface area contributed by atoms with Crippen molar-refractivity contribution in [2.24, 2.45) is 5.11 Å². The van der Waals surface area contributed by atoms with Crippen molar-refractivity contribution in [1.29, 1.82) is 0 Å². The molecule has 0 aromatic carbocycles. The Kier molecular flexibility index (Phi) is 3.64. The van der Waals surface area contributed by atoms with E-state index in [9.17, 15) is 5.11 Å². The lowest BCUT2D eigenvalue weighted by molar-refractivity contribution is -0.258. The zero-order valence-electron chi connectivity index (χ0n) is 7.13. The van der Waals surface area contributed by atoms with Crippen LogP contribution in [0.15, 0.2) is 5.11 Å². The average Bonchev–Trinajstić information content (AvgIpc) is 2.19. The zero-order valence-corrected chi connectivity index (χ0v) is 7.13. The lowest BCUT2D eigenvalue weighted by Gasteiger charge is -2.37. The van der Waals surface area contributed by atoms with Gasteiger partial charge in [-0.2, -0.15) is 0 Å². The molecular formula is C6H11N3O5. The topological polar surface area (TPSA) is 139 Å². The second-order valence-corrected chi connectivity index (χ2v) is 2.92. The minimum atomic E-state index is -1.59. The molecule has 1 heterocycles. The lowest BCUT2D eigenvalue weighted by atomic mass is 9.97. The molecule has 1 saturated heterocycles. The van der Waals surface area contributed by atoms with Crippen molar-refractivity contribution >= 4 is 0 Å². The zero-order chi connectivity index (χ0) is 10.7. The van der Waals surface area contributed by atoms with Gasteiger partial charge in [-0.15, -0.1) is 0 Å². The Morgan fingerprint density at radius 1 is 1.29 bits per heavy atom. The smallest absolute Gasteiger partial charge is 0.183 e. The van der Waals surface area contributed by atoms with Crippen LogP contribution >= 0.6 is 0 Å². The molecule has 1 unspecified atom stereocenters. The van der Waals surface area contributed by atoms with Gasteiger partial charge in [0, 0.05) is 4.91 Å². The minimum Gasteiger partial charge on any atom is -0.394 e. The number of rotatable bonds is 2. The summed E-state index contributed by atoms with van der Waals surface area (Å²) in [7, 11) is 0. The Balaban J connectivity index is 2.82. The monoisotopic (exact) mass is 205 g/mol. The summed E-state index contributed by atoms with van der Waals surface area (Å²) in [5.41, 5.74) is 8.17. The van der Waals surface area contributed by atoms with Crippen LogP contribution < -0.4 is 0 Å². The molecule has 0 amide bonds. The first-order valence-electron chi connectivity index (χ1n) is 3.96. The van der Waals surface area contributed by atoms with Gasteiger partial charge in [0.1, 0.15) is 6.10 Å². The number of aliphatic hydroxyl groups excluding tert-OH is 4. The fourth-order valence-corrected chi connectivity index (χ4v) is 1.28. The van der Waals surface area contributed by atoms with Crippen LogP contribution in [0.1, 0.15) is 0 Å². The van der Waals surface area contributed by atoms with E-state index in [1.54, 1.807) is 0 Å². The van der Waals surface area contributed by atoms with E-state index in [0.29, 0.717) is 0 Å². The largest absolute Gasteiger partial charge is 0.394 e. The van der Waals surface area contributed by atoms with Crippen molar-refractivity contribution in [3.63, 3.8) is 0 Å². The minimum absolute atomic E-state index is 0.523. The predicted octanol–water partition coefficient (Wildman–Crippen LogP) is -1.90. The van der Waals surface area contributed by atoms with Gasteiger partial charge in [-0.3, -0.25) is 0 Å². The summed E-state index contributed by atoms with van der Waals surface area (Å²) in [4.78, 5) is 2.45. The van der Waals surface area contributed by atoms with E-state index in [1.165, 1.54) is 0 Å². The molecule has 0 saturated carbocycles. The molecule has 14 heavy (non-hydrogen) atoms. The molecule has 0 aliphatic carbocycles. The first-order chi connectivity index (χ1) is 6.61. The van der Waals surface area contributed by atoms with E-state index in [1.807, 2.05) is 0 Å². The van der Waals surface area contributed by atoms with Crippen LogP contribution in [0.4, 0.5) is 0 Å². The molecule has 1 aliphatic rings. The second kappa shape index (κ2) is 4.56. The van der Waals surface area contributed by atoms with E-state index >= 15 is 0 Å². The number of nitrogens with zero attached hydrogens (tertiary/aromatic N) is 3. The molecular weight excluding hydrogens is 194 g/mol. The summed E-state index contributed by atoms with van der Waals surface area (Å²) in [6, 6.07) is -1.11. The van der Waals surface area contributed by atoms with Crippen LogP contribution in [0.2, 0.25) is 0 Å². The van der Waals surface area contributed by atoms with E-state index in [-0.39, 0.29) is 0 Å². The van der Waals surface area contributed by atoms with Gasteiger partial charge in [-0.05, 0) is 5.53 Å². The standard InChI is InChI=1S/C6H11N3O5/c7-9-8-3-2(1-10)14-6(13)5(12)4(3)11/h2-6,10-13H,1H2/t2-,3-,4+,5-,6?/m1/s1. The fourth-order valence-electron chi connectivity index (χ4n) is 1.28. The number of azide groups is 1. The van der Waals surface area contributed by atoms with Crippen molar-refractivity contribution in [1.82, 2.24) is 0 Å². The molecule has 1 aliphatic heterocycles. The number of hydrogen-bond acceptors (Lipinski definition) is 6. The van der Waals surface area contributed by atoms with Gasteiger partial charge in [0.05, 0.1) is 24.9 Å². The highest BCUT2D eigenvalue weighted by atomic mass is 16.6. The fraction of sp³-hybridized carbons (Fsp3) is 1.00. The van der Waals surface area contributed by atoms with Crippen LogP contribution in [-0.4, -0.2) is 57.7 Å². The average molecular weight is 205 g/mol. The van der Waals surface area contributed by atoms with E-state index < -0.39 is 37.3 Å². The van der Waals surface area contributed by atoms with Crippen molar-refractivity contribution in [2.75, 3.05) is 6.61 Å². The van der Waals surface area contributed by atoms with Crippen LogP contribution in [0.25, 0.3) is 10.4 Å². The molecule has 8 nitrogen and oxygen atoms in total. The number of ether oxygens (including phenoxy) is 1. The molecule has 0 spiro atoms. The summed E-state index contributed by atoms with van der Waals surface area (Å²) in [5.74, 6) is 0. The Bertz CT molecular complexity index is 242. The molecule has 1 fully saturated rings. The molecule has 5 atom stereocenters. The molecule has 0 aromatic rings. The summed E-state index contributed by atoms with van der Waals surface area (Å²) in [6.07, 6.45) is -5.60.